The highest BCUT2D eigenvalue weighted by Gasteiger charge is 2.45. The molecule has 0 saturated heterocycles. The molecule has 3 rings (SSSR count). The van der Waals surface area contributed by atoms with Gasteiger partial charge in [-0.1, -0.05) is 34.5 Å². The standard InChI is InChI=1S/C18H25BrN2O.ClH/c1-21(17(22)11-13-3-2-4-16(13)20)12-18(9-10-18)14-5-7-15(19)8-6-14;/h5-8,13,16H,2-4,9-12,20H2,1H3;1H/t13-,16+;/m0./s1. The lowest BCUT2D eigenvalue weighted by molar-refractivity contribution is -0.131. The molecule has 2 saturated carbocycles. The van der Waals surface area contributed by atoms with Crippen LogP contribution in [0.15, 0.2) is 28.7 Å². The van der Waals surface area contributed by atoms with Gasteiger partial charge in [0.1, 0.15) is 0 Å². The van der Waals surface area contributed by atoms with E-state index in [0.29, 0.717) is 12.3 Å². The fraction of sp³-hybridized carbons (Fsp3) is 0.611. The molecule has 0 unspecified atom stereocenters. The summed E-state index contributed by atoms with van der Waals surface area (Å²) < 4.78 is 1.10. The molecule has 0 aliphatic heterocycles. The van der Waals surface area contributed by atoms with Gasteiger partial charge in [0.25, 0.3) is 0 Å². The van der Waals surface area contributed by atoms with Crippen molar-refractivity contribution in [3.05, 3.63) is 34.3 Å². The lowest BCUT2D eigenvalue weighted by Gasteiger charge is -2.26. The Labute approximate surface area is 153 Å². The minimum atomic E-state index is 0. The number of rotatable bonds is 5. The molecule has 2 aliphatic carbocycles. The van der Waals surface area contributed by atoms with Crippen molar-refractivity contribution < 1.29 is 4.79 Å². The Kier molecular flexibility index (Phi) is 6.15. The van der Waals surface area contributed by atoms with Crippen LogP contribution in [0.5, 0.6) is 0 Å². The van der Waals surface area contributed by atoms with E-state index in [1.54, 1.807) is 0 Å². The minimum Gasteiger partial charge on any atom is -0.345 e. The highest BCUT2D eigenvalue weighted by molar-refractivity contribution is 9.10. The number of carbonyl (C=O) groups excluding carboxylic acids is 1. The summed E-state index contributed by atoms with van der Waals surface area (Å²) in [5.74, 6) is 0.642. The van der Waals surface area contributed by atoms with Crippen LogP contribution < -0.4 is 5.73 Å². The van der Waals surface area contributed by atoms with Crippen molar-refractivity contribution in [2.45, 2.75) is 50.0 Å². The Morgan fingerprint density at radius 2 is 1.96 bits per heavy atom. The third-order valence-corrected chi connectivity index (χ3v) is 5.96. The monoisotopic (exact) mass is 400 g/mol. The molecule has 3 nitrogen and oxygen atoms in total. The zero-order valence-corrected chi connectivity index (χ0v) is 16.0. The Morgan fingerprint density at radius 1 is 1.30 bits per heavy atom. The molecule has 1 aromatic carbocycles. The summed E-state index contributed by atoms with van der Waals surface area (Å²) in [6.07, 6.45) is 6.33. The molecular formula is C18H26BrClN2O. The Bertz CT molecular complexity index is 544. The first-order valence-electron chi connectivity index (χ1n) is 8.26. The maximum absolute atomic E-state index is 12.5. The van der Waals surface area contributed by atoms with Crippen molar-refractivity contribution in [2.75, 3.05) is 13.6 Å². The molecule has 0 spiro atoms. The van der Waals surface area contributed by atoms with Crippen LogP contribution in [-0.2, 0) is 10.2 Å². The van der Waals surface area contributed by atoms with Gasteiger partial charge in [0, 0.05) is 35.9 Å². The molecular weight excluding hydrogens is 376 g/mol. The average Bonchev–Trinajstić information content (AvgIpc) is 3.16. The normalized spacial score (nSPS) is 24.8. The predicted octanol–water partition coefficient (Wildman–Crippen LogP) is 3.88. The molecule has 1 aromatic rings. The van der Waals surface area contributed by atoms with E-state index in [4.69, 9.17) is 5.73 Å². The SMILES string of the molecule is CN(CC1(c2ccc(Br)cc2)CC1)C(=O)C[C@@H]1CCC[C@H]1N.Cl. The largest absolute Gasteiger partial charge is 0.345 e. The molecule has 1 amide bonds. The third-order valence-electron chi connectivity index (χ3n) is 5.43. The van der Waals surface area contributed by atoms with Gasteiger partial charge >= 0.3 is 0 Å². The average molecular weight is 402 g/mol. The van der Waals surface area contributed by atoms with Crippen LogP contribution in [0.3, 0.4) is 0 Å². The van der Waals surface area contributed by atoms with Gasteiger partial charge in [-0.3, -0.25) is 4.79 Å². The topological polar surface area (TPSA) is 46.3 Å². The second-order valence-electron chi connectivity index (χ2n) is 7.10. The fourth-order valence-electron chi connectivity index (χ4n) is 3.73. The number of nitrogens with zero attached hydrogens (tertiary/aromatic N) is 1. The highest BCUT2D eigenvalue weighted by Crippen LogP contribution is 2.48. The first-order valence-corrected chi connectivity index (χ1v) is 9.05. The highest BCUT2D eigenvalue weighted by atomic mass is 79.9. The van der Waals surface area contributed by atoms with Gasteiger partial charge in [0.2, 0.25) is 5.91 Å². The van der Waals surface area contributed by atoms with E-state index in [9.17, 15) is 4.79 Å². The first kappa shape index (κ1) is 18.8. The van der Waals surface area contributed by atoms with Crippen molar-refractivity contribution in [1.29, 1.82) is 0 Å². The zero-order valence-electron chi connectivity index (χ0n) is 13.6. The second-order valence-corrected chi connectivity index (χ2v) is 8.01. The van der Waals surface area contributed by atoms with Crippen LogP contribution in [0.4, 0.5) is 0 Å². The molecule has 0 bridgehead atoms. The maximum atomic E-state index is 12.5. The van der Waals surface area contributed by atoms with Gasteiger partial charge < -0.3 is 10.6 Å². The van der Waals surface area contributed by atoms with E-state index in [-0.39, 0.29) is 29.8 Å². The molecule has 2 atom stereocenters. The van der Waals surface area contributed by atoms with Crippen molar-refractivity contribution in [3.8, 4) is 0 Å². The number of hydrogen-bond acceptors (Lipinski definition) is 2. The summed E-state index contributed by atoms with van der Waals surface area (Å²) in [7, 11) is 1.95. The number of halogens is 2. The molecule has 0 aromatic heterocycles. The summed E-state index contributed by atoms with van der Waals surface area (Å²) in [5, 5.41) is 0. The lowest BCUT2D eigenvalue weighted by atomic mass is 9.94. The second kappa shape index (κ2) is 7.54. The van der Waals surface area contributed by atoms with E-state index in [1.807, 2.05) is 11.9 Å². The molecule has 5 heteroatoms. The molecule has 0 heterocycles. The molecule has 2 N–H and O–H groups in total. The van der Waals surface area contributed by atoms with Gasteiger partial charge in [0.15, 0.2) is 0 Å². The minimum absolute atomic E-state index is 0. The van der Waals surface area contributed by atoms with Crippen LogP contribution in [0.25, 0.3) is 0 Å². The predicted molar refractivity (Wildman–Crippen MR) is 99.9 cm³/mol. The van der Waals surface area contributed by atoms with E-state index >= 15 is 0 Å². The fourth-order valence-corrected chi connectivity index (χ4v) is 4.00. The van der Waals surface area contributed by atoms with Crippen LogP contribution in [0, 0.1) is 5.92 Å². The Hall–Kier alpha value is -0.580. The van der Waals surface area contributed by atoms with Gasteiger partial charge in [-0.2, -0.15) is 0 Å². The summed E-state index contributed by atoms with van der Waals surface area (Å²) in [6.45, 7) is 0.829. The molecule has 0 radical (unpaired) electrons. The molecule has 23 heavy (non-hydrogen) atoms. The molecule has 128 valence electrons. The van der Waals surface area contributed by atoms with E-state index in [0.717, 1.165) is 23.9 Å². The quantitative estimate of drug-likeness (QED) is 0.814. The van der Waals surface area contributed by atoms with Crippen LogP contribution >= 0.6 is 28.3 Å². The van der Waals surface area contributed by atoms with Crippen molar-refractivity contribution in [3.63, 3.8) is 0 Å². The number of amides is 1. The van der Waals surface area contributed by atoms with Crippen LogP contribution in [0.2, 0.25) is 0 Å². The van der Waals surface area contributed by atoms with Crippen molar-refractivity contribution in [2.24, 2.45) is 11.7 Å². The van der Waals surface area contributed by atoms with Crippen molar-refractivity contribution in [1.82, 2.24) is 4.90 Å². The summed E-state index contributed by atoms with van der Waals surface area (Å²) in [4.78, 5) is 14.4. The van der Waals surface area contributed by atoms with Gasteiger partial charge in [-0.25, -0.2) is 0 Å². The first-order chi connectivity index (χ1) is 10.5. The van der Waals surface area contributed by atoms with Crippen LogP contribution in [0.1, 0.15) is 44.1 Å². The Balaban J connectivity index is 0.00000192. The molecule has 2 aliphatic rings. The number of benzene rings is 1. The number of nitrogens with two attached hydrogens (primary N) is 1. The number of hydrogen-bond donors (Lipinski definition) is 1. The van der Waals surface area contributed by atoms with Gasteiger partial charge in [-0.15, -0.1) is 12.4 Å². The van der Waals surface area contributed by atoms with E-state index in [2.05, 4.69) is 40.2 Å². The summed E-state index contributed by atoms with van der Waals surface area (Å²) in [5.41, 5.74) is 7.64. The van der Waals surface area contributed by atoms with Gasteiger partial charge in [-0.05, 0) is 49.3 Å². The maximum Gasteiger partial charge on any atom is 0.222 e. The number of likely N-dealkylation sites (N-methyl/N-ethyl adjacent to an activating group) is 1. The van der Waals surface area contributed by atoms with E-state index in [1.165, 1.54) is 24.8 Å². The molecule has 2 fully saturated rings. The third kappa shape index (κ3) is 4.28. The summed E-state index contributed by atoms with van der Waals surface area (Å²) in [6, 6.07) is 8.77. The van der Waals surface area contributed by atoms with Crippen molar-refractivity contribution >= 4 is 34.2 Å². The van der Waals surface area contributed by atoms with Gasteiger partial charge in [0.05, 0.1) is 0 Å². The number of carbonyl (C=O) groups is 1. The van der Waals surface area contributed by atoms with Crippen LogP contribution in [-0.4, -0.2) is 30.4 Å². The smallest absolute Gasteiger partial charge is 0.222 e. The lowest BCUT2D eigenvalue weighted by Crippen LogP contribution is -2.37. The Morgan fingerprint density at radius 3 is 2.48 bits per heavy atom. The summed E-state index contributed by atoms with van der Waals surface area (Å²) >= 11 is 3.48. The van der Waals surface area contributed by atoms with E-state index < -0.39 is 0 Å². The zero-order chi connectivity index (χ0) is 15.7.